The molecular formula is C12H14F5NO. The van der Waals surface area contributed by atoms with Crippen LogP contribution in [0.4, 0.5) is 27.6 Å². The molecule has 0 aliphatic carbocycles. The van der Waals surface area contributed by atoms with Gasteiger partial charge in [0.25, 0.3) is 0 Å². The zero-order chi connectivity index (χ0) is 14.6. The summed E-state index contributed by atoms with van der Waals surface area (Å²) in [5.41, 5.74) is -1.04. The highest BCUT2D eigenvalue weighted by Gasteiger charge is 2.25. The number of benzene rings is 1. The first-order valence-corrected chi connectivity index (χ1v) is 5.69. The fraction of sp³-hybridized carbons (Fsp3) is 0.500. The predicted molar refractivity (Wildman–Crippen MR) is 60.4 cm³/mol. The summed E-state index contributed by atoms with van der Waals surface area (Å²) in [6.45, 7) is 4.30. The van der Waals surface area contributed by atoms with E-state index in [9.17, 15) is 22.0 Å². The van der Waals surface area contributed by atoms with Crippen LogP contribution in [0.5, 0.6) is 0 Å². The molecule has 0 bridgehead atoms. The smallest absolute Gasteiger partial charge is 0.200 e. The van der Waals surface area contributed by atoms with Gasteiger partial charge in [0.05, 0.1) is 6.61 Å². The van der Waals surface area contributed by atoms with Crippen molar-refractivity contribution in [2.45, 2.75) is 13.8 Å². The average Bonchev–Trinajstić information content (AvgIpc) is 2.37. The lowest BCUT2D eigenvalue weighted by Crippen LogP contribution is -2.15. The van der Waals surface area contributed by atoms with Crippen molar-refractivity contribution in [3.63, 3.8) is 0 Å². The molecule has 0 aromatic heterocycles. The Morgan fingerprint density at radius 3 is 1.84 bits per heavy atom. The van der Waals surface area contributed by atoms with Gasteiger partial charge in [0.15, 0.2) is 23.3 Å². The van der Waals surface area contributed by atoms with Gasteiger partial charge in [0, 0.05) is 13.2 Å². The molecule has 0 spiro atoms. The van der Waals surface area contributed by atoms with Crippen LogP contribution in [0.2, 0.25) is 0 Å². The monoisotopic (exact) mass is 283 g/mol. The van der Waals surface area contributed by atoms with Gasteiger partial charge in [-0.2, -0.15) is 0 Å². The molecular weight excluding hydrogens is 269 g/mol. The van der Waals surface area contributed by atoms with Crippen LogP contribution in [-0.2, 0) is 4.74 Å². The standard InChI is InChI=1S/C12H14F5NO/c1-6(2)5-19-4-3-18-12-10(16)8(14)7(13)9(15)11(12)17/h6,18H,3-5H2,1-2H3. The van der Waals surface area contributed by atoms with Crippen LogP contribution in [0.15, 0.2) is 0 Å². The van der Waals surface area contributed by atoms with Crippen LogP contribution in [-0.4, -0.2) is 19.8 Å². The third-order valence-electron chi connectivity index (χ3n) is 2.21. The Labute approximate surface area is 107 Å². The van der Waals surface area contributed by atoms with Gasteiger partial charge in [-0.1, -0.05) is 13.8 Å². The highest BCUT2D eigenvalue weighted by Crippen LogP contribution is 2.26. The summed E-state index contributed by atoms with van der Waals surface area (Å²) < 4.78 is 70.0. The Hall–Kier alpha value is -1.37. The van der Waals surface area contributed by atoms with Gasteiger partial charge < -0.3 is 10.1 Å². The Bertz CT molecular complexity index is 421. The topological polar surface area (TPSA) is 21.3 Å². The van der Waals surface area contributed by atoms with E-state index in [1.807, 2.05) is 13.8 Å². The van der Waals surface area contributed by atoms with Gasteiger partial charge in [-0.05, 0) is 5.92 Å². The van der Waals surface area contributed by atoms with Crippen molar-refractivity contribution in [2.24, 2.45) is 5.92 Å². The molecule has 1 aromatic carbocycles. The minimum Gasteiger partial charge on any atom is -0.379 e. The third kappa shape index (κ3) is 3.79. The van der Waals surface area contributed by atoms with E-state index in [4.69, 9.17) is 4.74 Å². The van der Waals surface area contributed by atoms with Gasteiger partial charge in [0.2, 0.25) is 5.82 Å². The fourth-order valence-electron chi connectivity index (χ4n) is 1.33. The zero-order valence-electron chi connectivity index (χ0n) is 10.5. The van der Waals surface area contributed by atoms with E-state index in [2.05, 4.69) is 5.32 Å². The molecule has 0 amide bonds. The SMILES string of the molecule is CC(C)COCCNc1c(F)c(F)c(F)c(F)c1F. The molecule has 1 N–H and O–H groups in total. The molecule has 0 unspecified atom stereocenters. The van der Waals surface area contributed by atoms with Crippen LogP contribution in [0.3, 0.4) is 0 Å². The summed E-state index contributed by atoms with van der Waals surface area (Å²) in [7, 11) is 0. The molecule has 0 aliphatic heterocycles. The molecule has 0 fully saturated rings. The molecule has 0 saturated heterocycles. The maximum absolute atomic E-state index is 13.2. The van der Waals surface area contributed by atoms with Crippen LogP contribution < -0.4 is 5.32 Å². The lowest BCUT2D eigenvalue weighted by Gasteiger charge is -2.11. The van der Waals surface area contributed by atoms with Gasteiger partial charge in [-0.25, -0.2) is 22.0 Å². The van der Waals surface area contributed by atoms with Crippen LogP contribution in [0, 0.1) is 35.0 Å². The second-order valence-corrected chi connectivity index (χ2v) is 4.34. The number of halogens is 5. The van der Waals surface area contributed by atoms with E-state index in [1.54, 1.807) is 0 Å². The first kappa shape index (κ1) is 15.7. The van der Waals surface area contributed by atoms with E-state index < -0.39 is 34.8 Å². The molecule has 0 saturated carbocycles. The van der Waals surface area contributed by atoms with E-state index in [-0.39, 0.29) is 19.1 Å². The molecule has 0 heterocycles. The molecule has 0 aliphatic rings. The minimum absolute atomic E-state index is 0.0644. The van der Waals surface area contributed by atoms with Gasteiger partial charge in [-0.15, -0.1) is 0 Å². The summed E-state index contributed by atoms with van der Waals surface area (Å²) in [4.78, 5) is 0. The van der Waals surface area contributed by atoms with Gasteiger partial charge in [0.1, 0.15) is 5.69 Å². The first-order chi connectivity index (χ1) is 8.86. The number of hydrogen-bond acceptors (Lipinski definition) is 2. The summed E-state index contributed by atoms with van der Waals surface area (Å²) in [5, 5.41) is 2.14. The van der Waals surface area contributed by atoms with Crippen molar-refractivity contribution in [3.05, 3.63) is 29.1 Å². The average molecular weight is 283 g/mol. The summed E-state index contributed by atoms with van der Waals surface area (Å²) in [6, 6.07) is 0. The van der Waals surface area contributed by atoms with Crippen molar-refractivity contribution in [3.8, 4) is 0 Å². The largest absolute Gasteiger partial charge is 0.379 e. The quantitative estimate of drug-likeness (QED) is 0.373. The number of nitrogens with one attached hydrogen (secondary N) is 1. The van der Waals surface area contributed by atoms with Crippen LogP contribution in [0.1, 0.15) is 13.8 Å². The van der Waals surface area contributed by atoms with Gasteiger partial charge in [-0.3, -0.25) is 0 Å². The Morgan fingerprint density at radius 1 is 0.895 bits per heavy atom. The summed E-state index contributed by atoms with van der Waals surface area (Å²) >= 11 is 0. The normalized spacial score (nSPS) is 11.2. The van der Waals surface area contributed by atoms with Crippen LogP contribution in [0.25, 0.3) is 0 Å². The number of ether oxygens (including phenoxy) is 1. The lowest BCUT2D eigenvalue weighted by atomic mass is 10.2. The molecule has 0 atom stereocenters. The molecule has 0 radical (unpaired) electrons. The van der Waals surface area contributed by atoms with E-state index in [0.29, 0.717) is 6.61 Å². The van der Waals surface area contributed by atoms with Crippen molar-refractivity contribution >= 4 is 5.69 Å². The molecule has 7 heteroatoms. The summed E-state index contributed by atoms with van der Waals surface area (Å²) in [6.07, 6.45) is 0. The Morgan fingerprint density at radius 2 is 1.37 bits per heavy atom. The second-order valence-electron chi connectivity index (χ2n) is 4.34. The summed E-state index contributed by atoms with van der Waals surface area (Å²) in [5.74, 6) is -9.57. The van der Waals surface area contributed by atoms with Crippen molar-refractivity contribution in [2.75, 3.05) is 25.1 Å². The van der Waals surface area contributed by atoms with Crippen molar-refractivity contribution < 1.29 is 26.7 Å². The highest BCUT2D eigenvalue weighted by atomic mass is 19.2. The Kier molecular flexibility index (Phi) is 5.53. The fourth-order valence-corrected chi connectivity index (χ4v) is 1.33. The minimum atomic E-state index is -2.17. The third-order valence-corrected chi connectivity index (χ3v) is 2.21. The highest BCUT2D eigenvalue weighted by molar-refractivity contribution is 5.47. The van der Waals surface area contributed by atoms with E-state index in [1.165, 1.54) is 0 Å². The maximum Gasteiger partial charge on any atom is 0.200 e. The van der Waals surface area contributed by atoms with Crippen LogP contribution >= 0.6 is 0 Å². The van der Waals surface area contributed by atoms with E-state index in [0.717, 1.165) is 0 Å². The molecule has 19 heavy (non-hydrogen) atoms. The van der Waals surface area contributed by atoms with Crippen molar-refractivity contribution in [1.82, 2.24) is 0 Å². The molecule has 1 rings (SSSR count). The Balaban J connectivity index is 2.69. The first-order valence-electron chi connectivity index (χ1n) is 5.69. The zero-order valence-corrected chi connectivity index (χ0v) is 10.5. The van der Waals surface area contributed by atoms with Gasteiger partial charge >= 0.3 is 0 Å². The molecule has 1 aromatic rings. The maximum atomic E-state index is 13.2. The number of anilines is 1. The number of hydrogen-bond donors (Lipinski definition) is 1. The second kappa shape index (κ2) is 6.70. The lowest BCUT2D eigenvalue weighted by molar-refractivity contribution is 0.118. The molecule has 2 nitrogen and oxygen atoms in total. The predicted octanol–water partition coefficient (Wildman–Crippen LogP) is 3.47. The van der Waals surface area contributed by atoms with Crippen molar-refractivity contribution in [1.29, 1.82) is 0 Å². The van der Waals surface area contributed by atoms with E-state index >= 15 is 0 Å². The molecule has 108 valence electrons. The number of rotatable bonds is 6.